The molecule has 1 aromatic rings. The molecule has 16 heavy (non-hydrogen) atoms. The summed E-state index contributed by atoms with van der Waals surface area (Å²) in [4.78, 5) is 8.40. The van der Waals surface area contributed by atoms with Crippen LogP contribution < -0.4 is 0 Å². The van der Waals surface area contributed by atoms with Gasteiger partial charge >= 0.3 is 0 Å². The first-order valence-corrected chi connectivity index (χ1v) is 5.27. The molecule has 1 aliphatic heterocycles. The van der Waals surface area contributed by atoms with Gasteiger partial charge in [-0.1, -0.05) is 12.2 Å². The SMILES string of the molecule is C=CCCN1C=CC(c2ncccn2)C=N1. The third kappa shape index (κ3) is 2.53. The lowest BCUT2D eigenvalue weighted by atomic mass is 10.1. The van der Waals surface area contributed by atoms with Gasteiger partial charge in [0.15, 0.2) is 0 Å². The number of hydrogen-bond acceptors (Lipinski definition) is 4. The first-order chi connectivity index (χ1) is 7.90. The van der Waals surface area contributed by atoms with Crippen molar-refractivity contribution in [3.63, 3.8) is 0 Å². The molecule has 0 saturated heterocycles. The van der Waals surface area contributed by atoms with Gasteiger partial charge in [0.1, 0.15) is 5.82 Å². The molecular formula is C12H14N4. The Balaban J connectivity index is 1.98. The standard InChI is InChI=1S/C12H14N4/c1-2-3-8-16-9-5-11(10-15-16)12-13-6-4-7-14-12/h2,4-7,9-11H,1,3,8H2. The van der Waals surface area contributed by atoms with Gasteiger partial charge in [-0.25, -0.2) is 9.97 Å². The summed E-state index contributed by atoms with van der Waals surface area (Å²) < 4.78 is 0. The molecule has 2 rings (SSSR count). The zero-order chi connectivity index (χ0) is 11.2. The summed E-state index contributed by atoms with van der Waals surface area (Å²) in [5, 5.41) is 6.21. The molecule has 82 valence electrons. The fourth-order valence-corrected chi connectivity index (χ4v) is 1.43. The Bertz CT molecular complexity index is 383. The van der Waals surface area contributed by atoms with Gasteiger partial charge in [-0.05, 0) is 12.5 Å². The molecule has 0 aromatic carbocycles. The van der Waals surface area contributed by atoms with Crippen molar-refractivity contribution in [1.29, 1.82) is 0 Å². The van der Waals surface area contributed by atoms with Crippen molar-refractivity contribution in [2.24, 2.45) is 5.10 Å². The molecule has 1 aliphatic rings. The van der Waals surface area contributed by atoms with Crippen molar-refractivity contribution in [2.45, 2.75) is 12.3 Å². The number of allylic oxidation sites excluding steroid dienone is 1. The van der Waals surface area contributed by atoms with Crippen LogP contribution in [0.25, 0.3) is 0 Å². The van der Waals surface area contributed by atoms with E-state index in [1.54, 1.807) is 12.4 Å². The molecule has 0 amide bonds. The van der Waals surface area contributed by atoms with Crippen LogP contribution in [0.1, 0.15) is 18.2 Å². The van der Waals surface area contributed by atoms with Gasteiger partial charge in [0, 0.05) is 31.4 Å². The van der Waals surface area contributed by atoms with Crippen molar-refractivity contribution in [1.82, 2.24) is 15.0 Å². The van der Waals surface area contributed by atoms with Crippen molar-refractivity contribution in [3.05, 3.63) is 49.2 Å². The summed E-state index contributed by atoms with van der Waals surface area (Å²) in [5.74, 6) is 0.868. The van der Waals surface area contributed by atoms with E-state index < -0.39 is 0 Å². The highest BCUT2D eigenvalue weighted by Crippen LogP contribution is 2.14. The van der Waals surface area contributed by atoms with Gasteiger partial charge in [-0.2, -0.15) is 5.10 Å². The molecule has 4 heteroatoms. The van der Waals surface area contributed by atoms with E-state index in [1.165, 1.54) is 0 Å². The van der Waals surface area contributed by atoms with E-state index in [0.717, 1.165) is 18.8 Å². The number of hydrogen-bond donors (Lipinski definition) is 0. The summed E-state index contributed by atoms with van der Waals surface area (Å²) >= 11 is 0. The lowest BCUT2D eigenvalue weighted by Crippen LogP contribution is -2.17. The smallest absolute Gasteiger partial charge is 0.140 e. The van der Waals surface area contributed by atoms with Crippen LogP contribution in [0.2, 0.25) is 0 Å². The molecule has 0 saturated carbocycles. The normalized spacial score (nSPS) is 18.8. The highest BCUT2D eigenvalue weighted by Gasteiger charge is 2.12. The summed E-state index contributed by atoms with van der Waals surface area (Å²) in [6, 6.07) is 1.81. The number of nitrogens with zero attached hydrogens (tertiary/aromatic N) is 4. The molecule has 0 bridgehead atoms. The van der Waals surface area contributed by atoms with Crippen molar-refractivity contribution in [2.75, 3.05) is 6.54 Å². The minimum atomic E-state index is 0.0844. The lowest BCUT2D eigenvalue weighted by molar-refractivity contribution is 0.400. The molecule has 1 atom stereocenters. The summed E-state index contributed by atoms with van der Waals surface area (Å²) in [6.45, 7) is 4.54. The van der Waals surface area contributed by atoms with E-state index >= 15 is 0 Å². The van der Waals surface area contributed by atoms with Crippen molar-refractivity contribution >= 4 is 6.21 Å². The van der Waals surface area contributed by atoms with Crippen LogP contribution in [0.4, 0.5) is 0 Å². The Hall–Kier alpha value is -1.97. The van der Waals surface area contributed by atoms with Gasteiger partial charge in [-0.15, -0.1) is 6.58 Å². The highest BCUT2D eigenvalue weighted by atomic mass is 15.4. The Morgan fingerprint density at radius 1 is 1.38 bits per heavy atom. The van der Waals surface area contributed by atoms with Gasteiger partial charge in [0.2, 0.25) is 0 Å². The largest absolute Gasteiger partial charge is 0.273 e. The maximum atomic E-state index is 4.32. The molecule has 1 aromatic heterocycles. The first kappa shape index (κ1) is 10.5. The minimum absolute atomic E-state index is 0.0844. The molecule has 2 heterocycles. The second-order valence-corrected chi connectivity index (χ2v) is 3.48. The molecule has 4 nitrogen and oxygen atoms in total. The van der Waals surface area contributed by atoms with Crippen molar-refractivity contribution in [3.8, 4) is 0 Å². The van der Waals surface area contributed by atoms with Gasteiger partial charge < -0.3 is 0 Å². The maximum Gasteiger partial charge on any atom is 0.140 e. The monoisotopic (exact) mass is 214 g/mol. The molecule has 1 unspecified atom stereocenters. The van der Waals surface area contributed by atoms with Crippen LogP contribution in [0.5, 0.6) is 0 Å². The second kappa shape index (κ2) is 5.21. The second-order valence-electron chi connectivity index (χ2n) is 3.48. The van der Waals surface area contributed by atoms with E-state index in [-0.39, 0.29) is 5.92 Å². The van der Waals surface area contributed by atoms with Gasteiger partial charge in [0.05, 0.1) is 5.92 Å². The minimum Gasteiger partial charge on any atom is -0.273 e. The fraction of sp³-hybridized carbons (Fsp3) is 0.250. The zero-order valence-electron chi connectivity index (χ0n) is 9.03. The Kier molecular flexibility index (Phi) is 3.43. The number of hydrazone groups is 1. The van der Waals surface area contributed by atoms with Crippen LogP contribution in [-0.4, -0.2) is 27.7 Å². The average molecular weight is 214 g/mol. The predicted molar refractivity (Wildman–Crippen MR) is 63.9 cm³/mol. The van der Waals surface area contributed by atoms with Crippen LogP contribution >= 0.6 is 0 Å². The Morgan fingerprint density at radius 2 is 2.19 bits per heavy atom. The van der Waals surface area contributed by atoms with Crippen molar-refractivity contribution < 1.29 is 0 Å². The van der Waals surface area contributed by atoms with Crippen LogP contribution in [0.3, 0.4) is 0 Å². The van der Waals surface area contributed by atoms with E-state index in [1.807, 2.05) is 35.6 Å². The number of rotatable bonds is 4. The predicted octanol–water partition coefficient (Wildman–Crippen LogP) is 1.95. The van der Waals surface area contributed by atoms with E-state index in [2.05, 4.69) is 21.6 Å². The molecule has 0 fully saturated rings. The molecule has 0 radical (unpaired) electrons. The topological polar surface area (TPSA) is 41.4 Å². The van der Waals surface area contributed by atoms with Gasteiger partial charge in [-0.3, -0.25) is 5.01 Å². The van der Waals surface area contributed by atoms with E-state index in [4.69, 9.17) is 0 Å². The third-order valence-corrected chi connectivity index (χ3v) is 2.29. The van der Waals surface area contributed by atoms with Gasteiger partial charge in [0.25, 0.3) is 0 Å². The van der Waals surface area contributed by atoms with E-state index in [0.29, 0.717) is 0 Å². The fourth-order valence-electron chi connectivity index (χ4n) is 1.43. The molecule has 0 spiro atoms. The van der Waals surface area contributed by atoms with Crippen LogP contribution in [0, 0.1) is 0 Å². The average Bonchev–Trinajstić information content (AvgIpc) is 2.38. The Labute approximate surface area is 95.0 Å². The lowest BCUT2D eigenvalue weighted by Gasteiger charge is -2.18. The first-order valence-electron chi connectivity index (χ1n) is 5.27. The number of aromatic nitrogens is 2. The molecule has 0 aliphatic carbocycles. The van der Waals surface area contributed by atoms with Crippen LogP contribution in [0.15, 0.2) is 48.5 Å². The highest BCUT2D eigenvalue weighted by molar-refractivity contribution is 5.69. The zero-order valence-corrected chi connectivity index (χ0v) is 9.03. The maximum absolute atomic E-state index is 4.32. The quantitative estimate of drug-likeness (QED) is 0.719. The summed E-state index contributed by atoms with van der Waals surface area (Å²) in [7, 11) is 0. The Morgan fingerprint density at radius 3 is 2.81 bits per heavy atom. The molecular weight excluding hydrogens is 200 g/mol. The third-order valence-electron chi connectivity index (χ3n) is 2.29. The van der Waals surface area contributed by atoms with Crippen LogP contribution in [-0.2, 0) is 0 Å². The van der Waals surface area contributed by atoms with E-state index in [9.17, 15) is 0 Å². The summed E-state index contributed by atoms with van der Waals surface area (Å²) in [6.07, 6.45) is 12.2. The summed E-state index contributed by atoms with van der Waals surface area (Å²) in [5.41, 5.74) is 0. The molecule has 0 N–H and O–H groups in total.